The van der Waals surface area contributed by atoms with Crippen molar-refractivity contribution in [3.05, 3.63) is 22.4 Å². The highest BCUT2D eigenvalue weighted by atomic mass is 32.1. The molecule has 3 rings (SSSR count). The van der Waals surface area contributed by atoms with Crippen molar-refractivity contribution < 1.29 is 19.4 Å². The summed E-state index contributed by atoms with van der Waals surface area (Å²) in [5.41, 5.74) is -0.746. The second kappa shape index (κ2) is 5.18. The lowest BCUT2D eigenvalue weighted by atomic mass is 9.90. The molecule has 108 valence electrons. The zero-order valence-corrected chi connectivity index (χ0v) is 11.9. The molecule has 1 saturated carbocycles. The lowest BCUT2D eigenvalue weighted by Crippen LogP contribution is -2.56. The molecule has 0 unspecified atom stereocenters. The normalized spacial score (nSPS) is 25.0. The van der Waals surface area contributed by atoms with Crippen molar-refractivity contribution in [1.29, 1.82) is 0 Å². The van der Waals surface area contributed by atoms with Crippen molar-refractivity contribution in [3.63, 3.8) is 0 Å². The summed E-state index contributed by atoms with van der Waals surface area (Å²) in [6, 6.07) is 2.52. The number of aliphatic carboxylic acids is 1. The number of carbonyl (C=O) groups is 2. The smallest absolute Gasteiger partial charge is 0.266 e. The molecule has 0 bridgehead atoms. The van der Waals surface area contributed by atoms with E-state index in [2.05, 4.69) is 0 Å². The van der Waals surface area contributed by atoms with E-state index in [1.165, 1.54) is 16.2 Å². The van der Waals surface area contributed by atoms with Gasteiger partial charge in [-0.05, 0) is 37.1 Å². The molecule has 2 fully saturated rings. The fraction of sp³-hybridized carbons (Fsp3) is 0.571. The van der Waals surface area contributed by atoms with Gasteiger partial charge in [0, 0.05) is 0 Å². The summed E-state index contributed by atoms with van der Waals surface area (Å²) in [4.78, 5) is 26.0. The molecule has 1 atom stereocenters. The van der Waals surface area contributed by atoms with Crippen LogP contribution >= 0.6 is 11.3 Å². The van der Waals surface area contributed by atoms with E-state index in [0.29, 0.717) is 17.7 Å². The molecule has 20 heavy (non-hydrogen) atoms. The predicted octanol–water partition coefficient (Wildman–Crippen LogP) is 0.999. The van der Waals surface area contributed by atoms with Crippen LogP contribution in [-0.4, -0.2) is 35.2 Å². The molecular formula is C14H16NO4S-. The Morgan fingerprint density at radius 1 is 1.35 bits per heavy atom. The van der Waals surface area contributed by atoms with Crippen LogP contribution in [0.1, 0.15) is 41.8 Å². The van der Waals surface area contributed by atoms with Crippen molar-refractivity contribution in [2.75, 3.05) is 6.61 Å². The second-order valence-electron chi connectivity index (χ2n) is 5.31. The maximum absolute atomic E-state index is 12.7. The SMILES string of the molecule is O=C([O-])[C@H]1COC2(CCCCC2)N1C(=O)c1cccs1. The van der Waals surface area contributed by atoms with E-state index in [-0.39, 0.29) is 12.5 Å². The van der Waals surface area contributed by atoms with Crippen LogP contribution in [0.25, 0.3) is 0 Å². The highest BCUT2D eigenvalue weighted by Gasteiger charge is 2.51. The molecule has 1 aromatic rings. The lowest BCUT2D eigenvalue weighted by Gasteiger charge is -2.41. The standard InChI is InChI=1S/C14H17NO4S/c16-12(11-5-4-8-20-11)15-10(13(17)18)9-19-14(15)6-2-1-3-7-14/h4-5,8,10H,1-3,6-7,9H2,(H,17,18)/p-1/t10-/m1/s1. The molecule has 0 aromatic carbocycles. The number of carbonyl (C=O) groups excluding carboxylic acids is 2. The minimum atomic E-state index is -1.24. The molecule has 0 radical (unpaired) electrons. The van der Waals surface area contributed by atoms with Crippen LogP contribution in [0.3, 0.4) is 0 Å². The zero-order chi connectivity index (χ0) is 14.2. The average Bonchev–Trinajstić information content (AvgIpc) is 3.07. The number of amides is 1. The predicted molar refractivity (Wildman–Crippen MR) is 71.1 cm³/mol. The van der Waals surface area contributed by atoms with Crippen LogP contribution in [0, 0.1) is 0 Å². The van der Waals surface area contributed by atoms with Gasteiger partial charge in [0.2, 0.25) is 0 Å². The van der Waals surface area contributed by atoms with E-state index in [4.69, 9.17) is 4.74 Å². The molecule has 6 heteroatoms. The number of thiophene rings is 1. The Morgan fingerprint density at radius 2 is 2.10 bits per heavy atom. The number of carboxylic acids is 1. The van der Waals surface area contributed by atoms with Crippen LogP contribution in [0.4, 0.5) is 0 Å². The Hall–Kier alpha value is -1.40. The Labute approximate surface area is 121 Å². The largest absolute Gasteiger partial charge is 0.548 e. The van der Waals surface area contributed by atoms with Crippen LogP contribution < -0.4 is 5.11 Å². The zero-order valence-electron chi connectivity index (χ0n) is 11.0. The van der Waals surface area contributed by atoms with Crippen molar-refractivity contribution in [3.8, 4) is 0 Å². The van der Waals surface area contributed by atoms with Crippen LogP contribution in [-0.2, 0) is 9.53 Å². The summed E-state index contributed by atoms with van der Waals surface area (Å²) >= 11 is 1.32. The summed E-state index contributed by atoms with van der Waals surface area (Å²) in [6.45, 7) is 0.0272. The number of carboxylic acid groups (broad SMARTS) is 1. The van der Waals surface area contributed by atoms with Gasteiger partial charge in [-0.25, -0.2) is 0 Å². The van der Waals surface area contributed by atoms with E-state index in [1.807, 2.05) is 5.38 Å². The van der Waals surface area contributed by atoms with Crippen molar-refractivity contribution in [1.82, 2.24) is 4.90 Å². The summed E-state index contributed by atoms with van der Waals surface area (Å²) in [5, 5.41) is 13.1. The van der Waals surface area contributed by atoms with Crippen molar-refractivity contribution >= 4 is 23.2 Å². The van der Waals surface area contributed by atoms with Gasteiger partial charge in [-0.2, -0.15) is 0 Å². The topological polar surface area (TPSA) is 69.7 Å². The average molecular weight is 294 g/mol. The van der Waals surface area contributed by atoms with Gasteiger partial charge in [0.1, 0.15) is 5.72 Å². The van der Waals surface area contributed by atoms with E-state index in [1.54, 1.807) is 12.1 Å². The maximum Gasteiger partial charge on any atom is 0.266 e. The van der Waals surface area contributed by atoms with Crippen LogP contribution in [0.5, 0.6) is 0 Å². The maximum atomic E-state index is 12.7. The van der Waals surface area contributed by atoms with Gasteiger partial charge < -0.3 is 14.6 Å². The highest BCUT2D eigenvalue weighted by molar-refractivity contribution is 7.12. The van der Waals surface area contributed by atoms with Gasteiger partial charge in [0.15, 0.2) is 0 Å². The van der Waals surface area contributed by atoms with Gasteiger partial charge in [-0.15, -0.1) is 11.3 Å². The number of nitrogens with zero attached hydrogens (tertiary/aromatic N) is 1. The van der Waals surface area contributed by atoms with Crippen molar-refractivity contribution in [2.45, 2.75) is 43.9 Å². The van der Waals surface area contributed by atoms with E-state index in [0.717, 1.165) is 19.3 Å². The van der Waals surface area contributed by atoms with Gasteiger partial charge in [0.25, 0.3) is 5.91 Å². The van der Waals surface area contributed by atoms with Gasteiger partial charge in [0.05, 0.1) is 23.5 Å². The lowest BCUT2D eigenvalue weighted by molar-refractivity contribution is -0.310. The first-order chi connectivity index (χ1) is 9.64. The summed E-state index contributed by atoms with van der Waals surface area (Å²) < 4.78 is 5.78. The van der Waals surface area contributed by atoms with E-state index in [9.17, 15) is 14.7 Å². The molecule has 1 spiro atoms. The first-order valence-electron chi connectivity index (χ1n) is 6.86. The highest BCUT2D eigenvalue weighted by Crippen LogP contribution is 2.41. The molecule has 1 aromatic heterocycles. The Balaban J connectivity index is 1.95. The number of rotatable bonds is 2. The molecule has 1 aliphatic heterocycles. The molecule has 1 saturated heterocycles. The van der Waals surface area contributed by atoms with E-state index >= 15 is 0 Å². The summed E-state index contributed by atoms with van der Waals surface area (Å²) in [7, 11) is 0. The molecule has 0 N–H and O–H groups in total. The van der Waals surface area contributed by atoms with Gasteiger partial charge >= 0.3 is 0 Å². The molecular weight excluding hydrogens is 278 g/mol. The Bertz CT molecular complexity index is 507. The number of hydrogen-bond donors (Lipinski definition) is 0. The third-order valence-corrected chi connectivity index (χ3v) is 4.98. The fourth-order valence-corrected chi connectivity index (χ4v) is 3.83. The summed E-state index contributed by atoms with van der Waals surface area (Å²) in [5.74, 6) is -1.49. The molecule has 1 amide bonds. The second-order valence-corrected chi connectivity index (χ2v) is 6.25. The third-order valence-electron chi connectivity index (χ3n) is 4.12. The van der Waals surface area contributed by atoms with Crippen molar-refractivity contribution in [2.24, 2.45) is 0 Å². The third kappa shape index (κ3) is 2.13. The van der Waals surface area contributed by atoms with E-state index < -0.39 is 17.7 Å². The Morgan fingerprint density at radius 3 is 2.70 bits per heavy atom. The number of ether oxygens (including phenoxy) is 1. The van der Waals surface area contributed by atoms with Gasteiger partial charge in [-0.3, -0.25) is 9.69 Å². The van der Waals surface area contributed by atoms with Crippen LogP contribution in [0.15, 0.2) is 17.5 Å². The van der Waals surface area contributed by atoms with Gasteiger partial charge in [-0.1, -0.05) is 12.5 Å². The van der Waals surface area contributed by atoms with Crippen LogP contribution in [0.2, 0.25) is 0 Å². The first kappa shape index (κ1) is 13.6. The molecule has 2 aliphatic rings. The Kier molecular flexibility index (Phi) is 3.52. The minimum Gasteiger partial charge on any atom is -0.548 e. The monoisotopic (exact) mass is 294 g/mol. The molecule has 1 aliphatic carbocycles. The minimum absolute atomic E-state index is 0.0272. The first-order valence-corrected chi connectivity index (χ1v) is 7.74. The molecule has 5 nitrogen and oxygen atoms in total. The quantitative estimate of drug-likeness (QED) is 0.816. The summed E-state index contributed by atoms with van der Waals surface area (Å²) in [6.07, 6.45) is 4.41. The molecule has 2 heterocycles. The fourth-order valence-electron chi connectivity index (χ4n) is 3.17. The number of hydrogen-bond acceptors (Lipinski definition) is 5.